The van der Waals surface area contributed by atoms with E-state index in [1.165, 1.54) is 12.1 Å². The largest absolute Gasteiger partial charge is 0.433 e. The Morgan fingerprint density at radius 3 is 2.61 bits per heavy atom. The van der Waals surface area contributed by atoms with E-state index >= 15 is 0 Å². The Morgan fingerprint density at radius 2 is 1.94 bits per heavy atom. The van der Waals surface area contributed by atoms with E-state index in [2.05, 4.69) is 9.84 Å². The molecule has 2 aromatic rings. The average molecular weight is 256 g/mol. The predicted octanol–water partition coefficient (Wildman–Crippen LogP) is 2.63. The van der Waals surface area contributed by atoms with Crippen LogP contribution in [-0.4, -0.2) is 16.7 Å². The minimum atomic E-state index is -4.56. The van der Waals surface area contributed by atoms with E-state index in [0.717, 1.165) is 6.20 Å². The summed E-state index contributed by atoms with van der Waals surface area (Å²) >= 11 is 0. The highest BCUT2D eigenvalue weighted by Gasteiger charge is 2.36. The summed E-state index contributed by atoms with van der Waals surface area (Å²) in [6.07, 6.45) is -3.52. The molecular formula is C11H7F3N2O2. The number of nitrogens with one attached hydrogen (secondary N) is 1. The monoisotopic (exact) mass is 256 g/mol. The van der Waals surface area contributed by atoms with E-state index in [1.807, 2.05) is 5.10 Å². The van der Waals surface area contributed by atoms with Gasteiger partial charge in [0.2, 0.25) is 0 Å². The molecule has 0 atom stereocenters. The molecule has 0 aliphatic rings. The van der Waals surface area contributed by atoms with E-state index in [1.54, 1.807) is 12.1 Å². The van der Waals surface area contributed by atoms with Crippen molar-refractivity contribution >= 4 is 6.47 Å². The van der Waals surface area contributed by atoms with Crippen molar-refractivity contribution in [3.63, 3.8) is 0 Å². The minimum absolute atomic E-state index is 0.0411. The molecule has 0 spiro atoms. The van der Waals surface area contributed by atoms with Crippen LogP contribution in [0.15, 0.2) is 30.5 Å². The quantitative estimate of drug-likeness (QED) is 0.859. The van der Waals surface area contributed by atoms with Gasteiger partial charge < -0.3 is 4.74 Å². The highest BCUT2D eigenvalue weighted by molar-refractivity contribution is 5.73. The van der Waals surface area contributed by atoms with Gasteiger partial charge in [0.1, 0.15) is 11.4 Å². The summed E-state index contributed by atoms with van der Waals surface area (Å²) in [6.45, 7) is 0.159. The summed E-state index contributed by atoms with van der Waals surface area (Å²) in [5.41, 5.74) is -1.00. The Balaban J connectivity index is 2.56. The topological polar surface area (TPSA) is 55.0 Å². The number of carbonyl (C=O) groups excluding carboxylic acids is 1. The number of H-pyrrole nitrogens is 1. The number of hydrogen-bond donors (Lipinski definition) is 1. The lowest BCUT2D eigenvalue weighted by molar-refractivity contribution is -0.140. The molecule has 0 amide bonds. The van der Waals surface area contributed by atoms with Gasteiger partial charge in [-0.3, -0.25) is 9.89 Å². The summed E-state index contributed by atoms with van der Waals surface area (Å²) < 4.78 is 42.7. The Labute approximate surface area is 99.4 Å². The number of aromatic nitrogens is 2. The highest BCUT2D eigenvalue weighted by Crippen LogP contribution is 2.38. The third-order valence-corrected chi connectivity index (χ3v) is 2.28. The summed E-state index contributed by atoms with van der Waals surface area (Å²) in [4.78, 5) is 10.3. The molecule has 0 bridgehead atoms. The molecule has 0 aliphatic carbocycles. The molecule has 0 saturated heterocycles. The second-order valence-electron chi connectivity index (χ2n) is 3.37. The van der Waals surface area contributed by atoms with Crippen molar-refractivity contribution in [3.05, 3.63) is 36.2 Å². The van der Waals surface area contributed by atoms with Gasteiger partial charge in [-0.05, 0) is 6.07 Å². The van der Waals surface area contributed by atoms with Crippen LogP contribution in [0.4, 0.5) is 13.2 Å². The number of benzene rings is 1. The van der Waals surface area contributed by atoms with Gasteiger partial charge >= 0.3 is 6.18 Å². The first-order valence-corrected chi connectivity index (χ1v) is 4.84. The molecule has 94 valence electrons. The van der Waals surface area contributed by atoms with Gasteiger partial charge in [0.05, 0.1) is 6.20 Å². The first kappa shape index (κ1) is 12.2. The maximum absolute atomic E-state index is 12.7. The average Bonchev–Trinajstić information content (AvgIpc) is 2.78. The Morgan fingerprint density at radius 1 is 1.22 bits per heavy atom. The van der Waals surface area contributed by atoms with Gasteiger partial charge in [-0.25, -0.2) is 0 Å². The van der Waals surface area contributed by atoms with Crippen LogP contribution in [-0.2, 0) is 11.0 Å². The molecule has 0 aliphatic heterocycles. The first-order valence-electron chi connectivity index (χ1n) is 4.84. The number of nitrogens with zero attached hydrogens (tertiary/aromatic N) is 1. The molecule has 1 heterocycles. The van der Waals surface area contributed by atoms with Gasteiger partial charge in [0.25, 0.3) is 6.47 Å². The number of para-hydroxylation sites is 1. The van der Waals surface area contributed by atoms with Gasteiger partial charge in [0.15, 0.2) is 0 Å². The van der Waals surface area contributed by atoms with Crippen LogP contribution in [0.1, 0.15) is 5.69 Å². The number of hydrogen-bond acceptors (Lipinski definition) is 3. The van der Waals surface area contributed by atoms with Gasteiger partial charge in [0, 0.05) is 11.1 Å². The van der Waals surface area contributed by atoms with Gasteiger partial charge in [-0.1, -0.05) is 18.2 Å². The lowest BCUT2D eigenvalue weighted by Crippen LogP contribution is -2.07. The summed E-state index contributed by atoms with van der Waals surface area (Å²) in [5.74, 6) is 0.0411. The molecule has 0 fully saturated rings. The van der Waals surface area contributed by atoms with Crippen molar-refractivity contribution in [3.8, 4) is 16.9 Å². The number of alkyl halides is 3. The molecule has 1 aromatic heterocycles. The van der Waals surface area contributed by atoms with E-state index in [9.17, 15) is 18.0 Å². The van der Waals surface area contributed by atoms with Gasteiger partial charge in [-0.2, -0.15) is 18.3 Å². The molecule has 1 aromatic carbocycles. The molecule has 0 saturated carbocycles. The maximum atomic E-state index is 12.7. The van der Waals surface area contributed by atoms with Crippen LogP contribution < -0.4 is 4.74 Å². The summed E-state index contributed by atoms with van der Waals surface area (Å²) in [7, 11) is 0. The SMILES string of the molecule is O=COc1ccccc1-c1cn[nH]c1C(F)(F)F. The highest BCUT2D eigenvalue weighted by atomic mass is 19.4. The van der Waals surface area contributed by atoms with E-state index in [0.29, 0.717) is 0 Å². The number of carbonyl (C=O) groups is 1. The van der Waals surface area contributed by atoms with E-state index in [4.69, 9.17) is 0 Å². The fourth-order valence-corrected chi connectivity index (χ4v) is 1.55. The van der Waals surface area contributed by atoms with E-state index < -0.39 is 11.9 Å². The van der Waals surface area contributed by atoms with Crippen LogP contribution in [0.25, 0.3) is 11.1 Å². The van der Waals surface area contributed by atoms with Gasteiger partial charge in [-0.15, -0.1) is 0 Å². The molecular weight excluding hydrogens is 249 g/mol. The van der Waals surface area contributed by atoms with Crippen molar-refractivity contribution in [1.82, 2.24) is 10.2 Å². The minimum Gasteiger partial charge on any atom is -0.428 e. The smallest absolute Gasteiger partial charge is 0.428 e. The Bertz CT molecular complexity index is 563. The zero-order chi connectivity index (χ0) is 13.2. The van der Waals surface area contributed by atoms with Crippen LogP contribution in [0.2, 0.25) is 0 Å². The van der Waals surface area contributed by atoms with Crippen LogP contribution in [0.3, 0.4) is 0 Å². The van der Waals surface area contributed by atoms with E-state index in [-0.39, 0.29) is 23.3 Å². The zero-order valence-electron chi connectivity index (χ0n) is 8.86. The lowest BCUT2D eigenvalue weighted by Gasteiger charge is -2.09. The van der Waals surface area contributed by atoms with Crippen molar-refractivity contribution in [2.75, 3.05) is 0 Å². The molecule has 1 N–H and O–H groups in total. The van der Waals surface area contributed by atoms with Crippen molar-refractivity contribution in [2.24, 2.45) is 0 Å². The normalized spacial score (nSPS) is 11.3. The van der Waals surface area contributed by atoms with Crippen LogP contribution in [0.5, 0.6) is 5.75 Å². The molecule has 0 radical (unpaired) electrons. The Hall–Kier alpha value is -2.31. The molecule has 4 nitrogen and oxygen atoms in total. The second kappa shape index (κ2) is 4.52. The molecule has 2 rings (SSSR count). The maximum Gasteiger partial charge on any atom is 0.433 e. The number of aromatic amines is 1. The zero-order valence-corrected chi connectivity index (χ0v) is 8.86. The van der Waals surface area contributed by atoms with Crippen molar-refractivity contribution in [1.29, 1.82) is 0 Å². The lowest BCUT2D eigenvalue weighted by atomic mass is 10.1. The number of ether oxygens (including phenoxy) is 1. The first-order chi connectivity index (χ1) is 8.54. The van der Waals surface area contributed by atoms with Crippen molar-refractivity contribution in [2.45, 2.75) is 6.18 Å². The third-order valence-electron chi connectivity index (χ3n) is 2.28. The summed E-state index contributed by atoms with van der Waals surface area (Å²) in [5, 5.41) is 5.27. The predicted molar refractivity (Wildman–Crippen MR) is 55.7 cm³/mol. The number of rotatable bonds is 3. The summed E-state index contributed by atoms with van der Waals surface area (Å²) in [6, 6.07) is 5.91. The standard InChI is InChI=1S/C11H7F3N2O2/c12-11(13,14)10-8(5-15-16-10)7-3-1-2-4-9(7)18-6-17/h1-6H,(H,15,16). The van der Waals surface area contributed by atoms with Crippen LogP contribution in [0, 0.1) is 0 Å². The Kier molecular flexibility index (Phi) is 3.05. The fraction of sp³-hybridized carbons (Fsp3) is 0.0909. The molecule has 7 heteroatoms. The molecule has 18 heavy (non-hydrogen) atoms. The fourth-order valence-electron chi connectivity index (χ4n) is 1.55. The van der Waals surface area contributed by atoms with Crippen LogP contribution >= 0.6 is 0 Å². The number of halogens is 3. The molecule has 0 unspecified atom stereocenters. The third kappa shape index (κ3) is 2.20. The van der Waals surface area contributed by atoms with Crippen molar-refractivity contribution < 1.29 is 22.7 Å². The second-order valence-corrected chi connectivity index (χ2v) is 3.37.